The van der Waals surface area contributed by atoms with Gasteiger partial charge in [-0.05, 0) is 16.7 Å². The smallest absolute Gasteiger partial charge is 0.257 e. The SMILES string of the molecule is O=C(c1c(-c2ccccc2)cnnc1-c1ccccc1)N(Cc1ccccc1)Cc1ccccc1. The number of hydrogen-bond donors (Lipinski definition) is 0. The maximum Gasteiger partial charge on any atom is 0.257 e. The molecular weight excluding hydrogens is 430 g/mol. The lowest BCUT2D eigenvalue weighted by molar-refractivity contribution is 0.0731. The van der Waals surface area contributed by atoms with E-state index in [2.05, 4.69) is 10.2 Å². The molecular formula is C31H25N3O. The summed E-state index contributed by atoms with van der Waals surface area (Å²) in [5, 5.41) is 8.74. The highest BCUT2D eigenvalue weighted by Crippen LogP contribution is 2.32. The van der Waals surface area contributed by atoms with Crippen LogP contribution in [0.5, 0.6) is 0 Å². The molecule has 170 valence electrons. The topological polar surface area (TPSA) is 46.1 Å². The molecule has 0 saturated heterocycles. The highest BCUT2D eigenvalue weighted by Gasteiger charge is 2.26. The Labute approximate surface area is 205 Å². The summed E-state index contributed by atoms with van der Waals surface area (Å²) < 4.78 is 0. The van der Waals surface area contributed by atoms with Gasteiger partial charge in [0, 0.05) is 24.2 Å². The lowest BCUT2D eigenvalue weighted by Gasteiger charge is -2.25. The van der Waals surface area contributed by atoms with E-state index >= 15 is 0 Å². The van der Waals surface area contributed by atoms with E-state index in [0.717, 1.165) is 27.8 Å². The lowest BCUT2D eigenvalue weighted by Crippen LogP contribution is -2.31. The molecule has 1 amide bonds. The molecule has 0 radical (unpaired) electrons. The second kappa shape index (κ2) is 10.6. The molecule has 35 heavy (non-hydrogen) atoms. The predicted molar refractivity (Wildman–Crippen MR) is 139 cm³/mol. The minimum Gasteiger partial charge on any atom is -0.330 e. The lowest BCUT2D eigenvalue weighted by atomic mass is 9.96. The van der Waals surface area contributed by atoms with Crippen molar-refractivity contribution in [2.75, 3.05) is 0 Å². The normalized spacial score (nSPS) is 10.6. The van der Waals surface area contributed by atoms with Crippen molar-refractivity contribution in [1.29, 1.82) is 0 Å². The second-order valence-corrected chi connectivity index (χ2v) is 8.35. The third kappa shape index (κ3) is 5.17. The number of aromatic nitrogens is 2. The molecule has 0 bridgehead atoms. The van der Waals surface area contributed by atoms with Crippen LogP contribution >= 0.6 is 0 Å². The Balaban J connectivity index is 1.65. The summed E-state index contributed by atoms with van der Waals surface area (Å²) in [6.07, 6.45) is 1.69. The number of hydrogen-bond acceptors (Lipinski definition) is 3. The molecule has 4 aromatic carbocycles. The highest BCUT2D eigenvalue weighted by atomic mass is 16.2. The molecule has 0 aliphatic rings. The van der Waals surface area contributed by atoms with E-state index in [1.165, 1.54) is 0 Å². The zero-order chi connectivity index (χ0) is 23.9. The second-order valence-electron chi connectivity index (χ2n) is 8.35. The van der Waals surface area contributed by atoms with E-state index in [4.69, 9.17) is 0 Å². The Morgan fingerprint density at radius 3 is 1.57 bits per heavy atom. The molecule has 5 rings (SSSR count). The maximum atomic E-state index is 14.4. The number of rotatable bonds is 7. The van der Waals surface area contributed by atoms with Crippen LogP contribution in [0.2, 0.25) is 0 Å². The summed E-state index contributed by atoms with van der Waals surface area (Å²) >= 11 is 0. The van der Waals surface area contributed by atoms with Gasteiger partial charge in [-0.3, -0.25) is 4.79 Å². The van der Waals surface area contributed by atoms with E-state index in [0.29, 0.717) is 24.3 Å². The van der Waals surface area contributed by atoms with E-state index in [1.807, 2.05) is 126 Å². The zero-order valence-corrected chi connectivity index (χ0v) is 19.3. The van der Waals surface area contributed by atoms with Crippen LogP contribution in [0, 0.1) is 0 Å². The van der Waals surface area contributed by atoms with Crippen LogP contribution in [0.1, 0.15) is 21.5 Å². The Bertz CT molecular complexity index is 1290. The number of amides is 1. The molecule has 0 atom stereocenters. The largest absolute Gasteiger partial charge is 0.330 e. The van der Waals surface area contributed by atoms with Gasteiger partial charge in [0.2, 0.25) is 0 Å². The third-order valence-electron chi connectivity index (χ3n) is 5.92. The highest BCUT2D eigenvalue weighted by molar-refractivity contribution is 6.05. The third-order valence-corrected chi connectivity index (χ3v) is 5.92. The standard InChI is InChI=1S/C31H25N3O/c35-31(34(22-24-13-5-1-6-14-24)23-25-15-7-2-8-16-25)29-28(26-17-9-3-10-18-26)21-32-33-30(29)27-19-11-4-12-20-27/h1-21H,22-23H2. The number of carbonyl (C=O) groups excluding carboxylic acids is 1. The van der Waals surface area contributed by atoms with Crippen molar-refractivity contribution in [3.63, 3.8) is 0 Å². The van der Waals surface area contributed by atoms with Crippen molar-refractivity contribution in [3.05, 3.63) is 144 Å². The summed E-state index contributed by atoms with van der Waals surface area (Å²) in [5.41, 5.74) is 5.85. The summed E-state index contributed by atoms with van der Waals surface area (Å²) in [7, 11) is 0. The summed E-state index contributed by atoms with van der Waals surface area (Å²) in [6, 6.07) is 39.9. The Morgan fingerprint density at radius 2 is 1.06 bits per heavy atom. The van der Waals surface area contributed by atoms with Gasteiger partial charge in [0.25, 0.3) is 5.91 Å². The van der Waals surface area contributed by atoms with Gasteiger partial charge in [-0.25, -0.2) is 0 Å². The first kappa shape index (κ1) is 22.2. The molecule has 0 spiro atoms. The maximum absolute atomic E-state index is 14.4. The van der Waals surface area contributed by atoms with Crippen LogP contribution in [0.25, 0.3) is 22.4 Å². The minimum atomic E-state index is -0.0784. The summed E-state index contributed by atoms with van der Waals surface area (Å²) in [4.78, 5) is 16.3. The van der Waals surface area contributed by atoms with Crippen LogP contribution in [-0.4, -0.2) is 21.0 Å². The fourth-order valence-corrected chi connectivity index (χ4v) is 4.20. The monoisotopic (exact) mass is 455 g/mol. The number of benzene rings is 4. The number of carbonyl (C=O) groups is 1. The summed E-state index contributed by atoms with van der Waals surface area (Å²) in [6.45, 7) is 0.971. The average molecular weight is 456 g/mol. The molecule has 4 nitrogen and oxygen atoms in total. The van der Waals surface area contributed by atoms with Crippen LogP contribution < -0.4 is 0 Å². The van der Waals surface area contributed by atoms with Crippen LogP contribution in [0.3, 0.4) is 0 Å². The van der Waals surface area contributed by atoms with Gasteiger partial charge in [-0.2, -0.15) is 5.10 Å². The van der Waals surface area contributed by atoms with Gasteiger partial charge in [-0.1, -0.05) is 121 Å². The van der Waals surface area contributed by atoms with Crippen LogP contribution in [0.15, 0.2) is 128 Å². The van der Waals surface area contributed by atoms with E-state index in [1.54, 1.807) is 6.20 Å². The van der Waals surface area contributed by atoms with Gasteiger partial charge in [-0.15, -0.1) is 5.10 Å². The molecule has 0 aliphatic carbocycles. The van der Waals surface area contributed by atoms with E-state index in [-0.39, 0.29) is 5.91 Å². The Morgan fingerprint density at radius 1 is 0.600 bits per heavy atom. The minimum absolute atomic E-state index is 0.0784. The van der Waals surface area contributed by atoms with E-state index in [9.17, 15) is 4.79 Å². The Kier molecular flexibility index (Phi) is 6.72. The molecule has 0 aliphatic heterocycles. The van der Waals surface area contributed by atoms with Gasteiger partial charge in [0.1, 0.15) is 5.69 Å². The molecule has 1 heterocycles. The van der Waals surface area contributed by atoms with Gasteiger partial charge in [0.15, 0.2) is 0 Å². The molecule has 5 aromatic rings. The van der Waals surface area contributed by atoms with Crippen molar-refractivity contribution in [2.45, 2.75) is 13.1 Å². The zero-order valence-electron chi connectivity index (χ0n) is 19.3. The fourth-order valence-electron chi connectivity index (χ4n) is 4.20. The predicted octanol–water partition coefficient (Wildman–Crippen LogP) is 6.65. The van der Waals surface area contributed by atoms with Gasteiger partial charge in [0.05, 0.1) is 11.8 Å². The summed E-state index contributed by atoms with van der Waals surface area (Å²) in [5.74, 6) is -0.0784. The molecule has 0 fully saturated rings. The molecule has 0 saturated carbocycles. The van der Waals surface area contributed by atoms with Crippen LogP contribution in [-0.2, 0) is 13.1 Å². The van der Waals surface area contributed by atoms with Gasteiger partial charge < -0.3 is 4.90 Å². The first-order valence-electron chi connectivity index (χ1n) is 11.6. The van der Waals surface area contributed by atoms with Crippen LogP contribution in [0.4, 0.5) is 0 Å². The van der Waals surface area contributed by atoms with Crippen molar-refractivity contribution in [1.82, 2.24) is 15.1 Å². The molecule has 0 unspecified atom stereocenters. The molecule has 1 aromatic heterocycles. The van der Waals surface area contributed by atoms with Crippen molar-refractivity contribution in [2.24, 2.45) is 0 Å². The van der Waals surface area contributed by atoms with E-state index < -0.39 is 0 Å². The first-order valence-corrected chi connectivity index (χ1v) is 11.6. The molecule has 4 heteroatoms. The quantitative estimate of drug-likeness (QED) is 0.276. The van der Waals surface area contributed by atoms with Crippen molar-refractivity contribution < 1.29 is 4.79 Å². The first-order chi connectivity index (χ1) is 17.3. The Hall–Kier alpha value is -4.57. The van der Waals surface area contributed by atoms with Crippen molar-refractivity contribution >= 4 is 5.91 Å². The average Bonchev–Trinajstić information content (AvgIpc) is 2.94. The van der Waals surface area contributed by atoms with Gasteiger partial charge >= 0.3 is 0 Å². The number of nitrogens with zero attached hydrogens (tertiary/aromatic N) is 3. The van der Waals surface area contributed by atoms with Crippen molar-refractivity contribution in [3.8, 4) is 22.4 Å². The fraction of sp³-hybridized carbons (Fsp3) is 0.0645. The molecule has 0 N–H and O–H groups in total.